The van der Waals surface area contributed by atoms with Gasteiger partial charge in [0.1, 0.15) is 11.0 Å². The summed E-state index contributed by atoms with van der Waals surface area (Å²) in [5, 5.41) is 0.679. The average Bonchev–Trinajstić information content (AvgIpc) is 3.39. The van der Waals surface area contributed by atoms with Crippen molar-refractivity contribution in [1.29, 1.82) is 0 Å². The fourth-order valence-corrected chi connectivity index (χ4v) is 4.27. The molecule has 2 aromatic carbocycles. The summed E-state index contributed by atoms with van der Waals surface area (Å²) < 4.78 is 7.73. The minimum atomic E-state index is -0.0931. The molecule has 5 nitrogen and oxygen atoms in total. The molecule has 7 heteroatoms. The van der Waals surface area contributed by atoms with Crippen molar-refractivity contribution in [3.05, 3.63) is 94.3 Å². The van der Waals surface area contributed by atoms with E-state index >= 15 is 0 Å². The second-order valence-electron chi connectivity index (χ2n) is 6.52. The fourth-order valence-electron chi connectivity index (χ4n) is 3.08. The van der Waals surface area contributed by atoms with Gasteiger partial charge < -0.3 is 4.42 Å². The molecule has 0 unspecified atom stereocenters. The lowest BCUT2D eigenvalue weighted by Crippen LogP contribution is -2.20. The zero-order valence-electron chi connectivity index (χ0n) is 15.1. The minimum absolute atomic E-state index is 0.0931. The average molecular weight is 420 g/mol. The lowest BCUT2D eigenvalue weighted by atomic mass is 10.2. The summed E-state index contributed by atoms with van der Waals surface area (Å²) >= 11 is 7.39. The van der Waals surface area contributed by atoms with Crippen LogP contribution in [0.2, 0.25) is 5.02 Å². The van der Waals surface area contributed by atoms with Crippen LogP contribution in [0.15, 0.2) is 82.5 Å². The van der Waals surface area contributed by atoms with E-state index in [1.54, 1.807) is 17.2 Å². The predicted octanol–water partition coefficient (Wildman–Crippen LogP) is 5.48. The smallest absolute Gasteiger partial charge is 0.271 e. The Morgan fingerprint density at radius 3 is 2.62 bits per heavy atom. The Hall–Kier alpha value is -3.22. The lowest BCUT2D eigenvalue weighted by Gasteiger charge is -2.01. The molecule has 0 aliphatic rings. The molecule has 0 atom stereocenters. The van der Waals surface area contributed by atoms with Gasteiger partial charge in [0.15, 0.2) is 0 Å². The summed E-state index contributed by atoms with van der Waals surface area (Å²) in [6, 6.07) is 19.1. The molecule has 0 amide bonds. The van der Waals surface area contributed by atoms with Gasteiger partial charge in [-0.3, -0.25) is 9.36 Å². The van der Waals surface area contributed by atoms with Gasteiger partial charge in [-0.15, -0.1) is 11.3 Å². The molecule has 0 aliphatic heterocycles. The maximum absolute atomic E-state index is 13.0. The summed E-state index contributed by atoms with van der Waals surface area (Å²) in [6.45, 7) is 0.298. The Balaban J connectivity index is 1.47. The van der Waals surface area contributed by atoms with E-state index in [4.69, 9.17) is 16.0 Å². The number of benzene rings is 2. The number of nitrogens with zero attached hydrogens (tertiary/aromatic N) is 3. The van der Waals surface area contributed by atoms with Crippen molar-refractivity contribution >= 4 is 33.2 Å². The number of oxazole rings is 1. The molecular weight excluding hydrogens is 406 g/mol. The highest BCUT2D eigenvalue weighted by atomic mass is 35.5. The number of rotatable bonds is 4. The van der Waals surface area contributed by atoms with Crippen LogP contribution in [0.3, 0.4) is 0 Å². The van der Waals surface area contributed by atoms with Crippen molar-refractivity contribution in [2.24, 2.45) is 0 Å². The van der Waals surface area contributed by atoms with Gasteiger partial charge in [-0.25, -0.2) is 9.97 Å². The number of hydrogen-bond acceptors (Lipinski definition) is 5. The van der Waals surface area contributed by atoms with Crippen LogP contribution in [-0.4, -0.2) is 14.5 Å². The van der Waals surface area contributed by atoms with Gasteiger partial charge in [0, 0.05) is 15.5 Å². The maximum Gasteiger partial charge on any atom is 0.271 e. The third kappa shape index (κ3) is 3.48. The zero-order valence-corrected chi connectivity index (χ0v) is 16.7. The molecule has 0 saturated heterocycles. The highest BCUT2D eigenvalue weighted by molar-refractivity contribution is 7.22. The molecule has 5 aromatic rings. The van der Waals surface area contributed by atoms with E-state index in [2.05, 4.69) is 9.97 Å². The number of halogens is 1. The molecule has 142 valence electrons. The van der Waals surface area contributed by atoms with Crippen LogP contribution in [-0.2, 0) is 6.54 Å². The van der Waals surface area contributed by atoms with Crippen LogP contribution in [0.25, 0.3) is 32.1 Å². The SMILES string of the molecule is O=c1c2sc(-c3ccc(Cl)cc3)cc2ncn1Cc1coc(-c2ccccc2)n1. The van der Waals surface area contributed by atoms with E-state index in [1.165, 1.54) is 11.3 Å². The van der Waals surface area contributed by atoms with Crippen LogP contribution in [0.5, 0.6) is 0 Å². The summed E-state index contributed by atoms with van der Waals surface area (Å²) in [4.78, 5) is 22.9. The van der Waals surface area contributed by atoms with Gasteiger partial charge in [0.2, 0.25) is 5.89 Å². The summed E-state index contributed by atoms with van der Waals surface area (Å²) in [5.41, 5.74) is 3.16. The molecular formula is C22H14ClN3O2S. The van der Waals surface area contributed by atoms with Crippen LogP contribution in [0.4, 0.5) is 0 Å². The summed E-state index contributed by atoms with van der Waals surface area (Å²) in [6.07, 6.45) is 3.13. The van der Waals surface area contributed by atoms with Crippen molar-refractivity contribution in [3.8, 4) is 21.9 Å². The highest BCUT2D eigenvalue weighted by Gasteiger charge is 2.13. The monoisotopic (exact) mass is 419 g/mol. The number of aromatic nitrogens is 3. The van der Waals surface area contributed by atoms with Crippen molar-refractivity contribution < 1.29 is 4.42 Å². The van der Waals surface area contributed by atoms with Crippen molar-refractivity contribution in [2.75, 3.05) is 0 Å². The molecule has 0 fully saturated rings. The van der Waals surface area contributed by atoms with E-state index in [-0.39, 0.29) is 5.56 Å². The van der Waals surface area contributed by atoms with Gasteiger partial charge in [-0.05, 0) is 35.9 Å². The van der Waals surface area contributed by atoms with E-state index in [0.717, 1.165) is 16.0 Å². The Kier molecular flexibility index (Phi) is 4.50. The van der Waals surface area contributed by atoms with E-state index < -0.39 is 0 Å². The largest absolute Gasteiger partial charge is 0.444 e. The normalized spacial score (nSPS) is 11.2. The Labute approximate surface area is 174 Å². The fraction of sp³-hybridized carbons (Fsp3) is 0.0455. The molecule has 0 spiro atoms. The number of thiophene rings is 1. The molecule has 3 heterocycles. The first kappa shape index (κ1) is 17.8. The highest BCUT2D eigenvalue weighted by Crippen LogP contribution is 2.31. The molecule has 3 aromatic heterocycles. The topological polar surface area (TPSA) is 60.9 Å². The lowest BCUT2D eigenvalue weighted by molar-refractivity contribution is 0.571. The first-order valence-electron chi connectivity index (χ1n) is 8.92. The second kappa shape index (κ2) is 7.31. The molecule has 5 rings (SSSR count). The first-order chi connectivity index (χ1) is 14.2. The standard InChI is InChI=1S/C22H14ClN3O2S/c23-16-8-6-14(7-9-16)19-10-18-20(29-19)22(27)26(13-24-18)11-17-12-28-21(25-17)15-4-2-1-3-5-15/h1-10,12-13H,11H2. The molecule has 0 N–H and O–H groups in total. The van der Waals surface area contributed by atoms with Crippen LogP contribution in [0.1, 0.15) is 5.69 Å². The van der Waals surface area contributed by atoms with Gasteiger partial charge in [0.05, 0.1) is 24.1 Å². The first-order valence-corrected chi connectivity index (χ1v) is 10.1. The number of fused-ring (bicyclic) bond motifs is 1. The van der Waals surface area contributed by atoms with Crippen molar-refractivity contribution in [2.45, 2.75) is 6.54 Å². The van der Waals surface area contributed by atoms with Crippen LogP contribution < -0.4 is 5.56 Å². The molecule has 0 saturated carbocycles. The van der Waals surface area contributed by atoms with E-state index in [0.29, 0.717) is 33.4 Å². The molecule has 0 aliphatic carbocycles. The zero-order chi connectivity index (χ0) is 19.8. The second-order valence-corrected chi connectivity index (χ2v) is 8.01. The summed E-state index contributed by atoms with van der Waals surface area (Å²) in [7, 11) is 0. The summed E-state index contributed by atoms with van der Waals surface area (Å²) in [5.74, 6) is 0.531. The number of hydrogen-bond donors (Lipinski definition) is 0. The third-order valence-corrected chi connectivity index (χ3v) is 5.95. The Bertz CT molecular complexity index is 1350. The van der Waals surface area contributed by atoms with E-state index in [1.807, 2.05) is 60.7 Å². The Morgan fingerprint density at radius 2 is 1.83 bits per heavy atom. The molecule has 0 bridgehead atoms. The minimum Gasteiger partial charge on any atom is -0.444 e. The van der Waals surface area contributed by atoms with Crippen LogP contribution >= 0.6 is 22.9 Å². The van der Waals surface area contributed by atoms with Crippen molar-refractivity contribution in [3.63, 3.8) is 0 Å². The van der Waals surface area contributed by atoms with Gasteiger partial charge in [-0.1, -0.05) is 41.9 Å². The molecule has 0 radical (unpaired) electrons. The van der Waals surface area contributed by atoms with Gasteiger partial charge in [-0.2, -0.15) is 0 Å². The van der Waals surface area contributed by atoms with Gasteiger partial charge in [0.25, 0.3) is 5.56 Å². The van der Waals surface area contributed by atoms with Crippen molar-refractivity contribution in [1.82, 2.24) is 14.5 Å². The predicted molar refractivity (Wildman–Crippen MR) is 115 cm³/mol. The van der Waals surface area contributed by atoms with Gasteiger partial charge >= 0.3 is 0 Å². The van der Waals surface area contributed by atoms with Crippen LogP contribution in [0, 0.1) is 0 Å². The Morgan fingerprint density at radius 1 is 1.03 bits per heavy atom. The maximum atomic E-state index is 13.0. The third-order valence-electron chi connectivity index (χ3n) is 4.54. The quantitative estimate of drug-likeness (QED) is 0.387. The van der Waals surface area contributed by atoms with E-state index in [9.17, 15) is 4.79 Å². The molecule has 29 heavy (non-hydrogen) atoms.